The van der Waals surface area contributed by atoms with Crippen LogP contribution in [-0.2, 0) is 9.31 Å². The highest BCUT2D eigenvalue weighted by molar-refractivity contribution is 6.61. The molecule has 1 aliphatic heterocycles. The standard InChI is InChI=1S/C17H15BO2/c1-2-5-14-11-16-12-17(18-19-8-3-9-20-18)7-6-15(16)10-13(14)4-1/h1-2,4-7,10-12H,3,8-9H2. The molecule has 2 nitrogen and oxygen atoms in total. The third-order valence-corrected chi connectivity index (χ3v) is 3.83. The zero-order chi connectivity index (χ0) is 13.4. The molecule has 3 aromatic rings. The molecule has 1 saturated heterocycles. The summed E-state index contributed by atoms with van der Waals surface area (Å²) in [5.41, 5.74) is 1.10. The predicted molar refractivity (Wildman–Crippen MR) is 83.4 cm³/mol. The summed E-state index contributed by atoms with van der Waals surface area (Å²) in [5, 5.41) is 5.03. The van der Waals surface area contributed by atoms with Gasteiger partial charge in [-0.15, -0.1) is 0 Å². The molecule has 0 bridgehead atoms. The summed E-state index contributed by atoms with van der Waals surface area (Å²) in [7, 11) is -0.209. The monoisotopic (exact) mass is 262 g/mol. The molecule has 98 valence electrons. The number of hydrogen-bond donors (Lipinski definition) is 0. The van der Waals surface area contributed by atoms with Gasteiger partial charge in [-0.3, -0.25) is 0 Å². The SMILES string of the molecule is c1ccc2cc3cc(B4OCCCO4)ccc3cc2c1. The van der Waals surface area contributed by atoms with E-state index in [1.165, 1.54) is 21.5 Å². The lowest BCUT2D eigenvalue weighted by Gasteiger charge is -2.20. The quantitative estimate of drug-likeness (QED) is 0.495. The van der Waals surface area contributed by atoms with Crippen molar-refractivity contribution in [2.24, 2.45) is 0 Å². The van der Waals surface area contributed by atoms with Crippen LogP contribution >= 0.6 is 0 Å². The smallest absolute Gasteiger partial charge is 0.407 e. The molecule has 1 heterocycles. The van der Waals surface area contributed by atoms with Gasteiger partial charge in [0.2, 0.25) is 0 Å². The largest absolute Gasteiger partial charge is 0.493 e. The zero-order valence-electron chi connectivity index (χ0n) is 11.2. The van der Waals surface area contributed by atoms with Crippen molar-refractivity contribution in [2.75, 3.05) is 13.2 Å². The van der Waals surface area contributed by atoms with E-state index in [0.29, 0.717) is 0 Å². The summed E-state index contributed by atoms with van der Waals surface area (Å²) in [6.07, 6.45) is 0.981. The highest BCUT2D eigenvalue weighted by atomic mass is 16.6. The maximum atomic E-state index is 5.68. The molecule has 4 rings (SSSR count). The number of fused-ring (bicyclic) bond motifs is 2. The van der Waals surface area contributed by atoms with Gasteiger partial charge in [-0.1, -0.05) is 42.5 Å². The van der Waals surface area contributed by atoms with Crippen LogP contribution in [0, 0.1) is 0 Å². The van der Waals surface area contributed by atoms with E-state index >= 15 is 0 Å². The second-order valence-corrected chi connectivity index (χ2v) is 5.23. The van der Waals surface area contributed by atoms with Crippen molar-refractivity contribution in [1.82, 2.24) is 0 Å². The third kappa shape index (κ3) is 2.09. The van der Waals surface area contributed by atoms with Crippen LogP contribution in [0.1, 0.15) is 6.42 Å². The van der Waals surface area contributed by atoms with Crippen LogP contribution in [0.15, 0.2) is 54.6 Å². The van der Waals surface area contributed by atoms with Crippen molar-refractivity contribution >= 4 is 34.1 Å². The molecule has 0 saturated carbocycles. The fraction of sp³-hybridized carbons (Fsp3) is 0.176. The van der Waals surface area contributed by atoms with Crippen LogP contribution in [-0.4, -0.2) is 20.3 Å². The van der Waals surface area contributed by atoms with E-state index in [1.54, 1.807) is 0 Å². The Morgan fingerprint density at radius 2 is 1.35 bits per heavy atom. The first kappa shape index (κ1) is 11.9. The minimum atomic E-state index is -0.209. The van der Waals surface area contributed by atoms with E-state index in [-0.39, 0.29) is 7.12 Å². The minimum absolute atomic E-state index is 0.209. The first-order chi connectivity index (χ1) is 9.90. The molecule has 3 heteroatoms. The molecule has 1 aliphatic rings. The summed E-state index contributed by atoms with van der Waals surface area (Å²) >= 11 is 0. The second-order valence-electron chi connectivity index (χ2n) is 5.23. The highest BCUT2D eigenvalue weighted by Crippen LogP contribution is 2.22. The van der Waals surface area contributed by atoms with Crippen LogP contribution in [0.3, 0.4) is 0 Å². The molecule has 0 aromatic heterocycles. The van der Waals surface area contributed by atoms with Gasteiger partial charge in [0.25, 0.3) is 0 Å². The van der Waals surface area contributed by atoms with Crippen molar-refractivity contribution in [1.29, 1.82) is 0 Å². The van der Waals surface area contributed by atoms with E-state index in [2.05, 4.69) is 54.6 Å². The normalized spacial score (nSPS) is 15.9. The van der Waals surface area contributed by atoms with Gasteiger partial charge in [0.05, 0.1) is 0 Å². The van der Waals surface area contributed by atoms with E-state index in [4.69, 9.17) is 9.31 Å². The fourth-order valence-corrected chi connectivity index (χ4v) is 2.79. The van der Waals surface area contributed by atoms with Gasteiger partial charge >= 0.3 is 7.12 Å². The number of benzene rings is 3. The third-order valence-electron chi connectivity index (χ3n) is 3.83. The number of hydrogen-bond acceptors (Lipinski definition) is 2. The summed E-state index contributed by atoms with van der Waals surface area (Å²) in [5.74, 6) is 0. The second kappa shape index (κ2) is 4.93. The van der Waals surface area contributed by atoms with E-state index in [9.17, 15) is 0 Å². The van der Waals surface area contributed by atoms with Crippen molar-refractivity contribution in [3.8, 4) is 0 Å². The molecule has 0 amide bonds. The lowest BCUT2D eigenvalue weighted by atomic mass is 9.77. The minimum Gasteiger partial charge on any atom is -0.407 e. The molecule has 1 fully saturated rings. The molecular weight excluding hydrogens is 247 g/mol. The first-order valence-corrected chi connectivity index (χ1v) is 7.06. The van der Waals surface area contributed by atoms with Crippen molar-refractivity contribution in [3.05, 3.63) is 54.6 Å². The fourth-order valence-electron chi connectivity index (χ4n) is 2.79. The Kier molecular flexibility index (Phi) is 2.94. The van der Waals surface area contributed by atoms with Crippen LogP contribution in [0.2, 0.25) is 0 Å². The van der Waals surface area contributed by atoms with Gasteiger partial charge < -0.3 is 9.31 Å². The van der Waals surface area contributed by atoms with Crippen molar-refractivity contribution in [3.63, 3.8) is 0 Å². The molecule has 0 unspecified atom stereocenters. The molecule has 0 aliphatic carbocycles. The van der Waals surface area contributed by atoms with Crippen LogP contribution < -0.4 is 5.46 Å². The maximum absolute atomic E-state index is 5.68. The summed E-state index contributed by atoms with van der Waals surface area (Å²) < 4.78 is 11.4. The van der Waals surface area contributed by atoms with E-state index < -0.39 is 0 Å². The van der Waals surface area contributed by atoms with Gasteiger partial charge in [0.15, 0.2) is 0 Å². The van der Waals surface area contributed by atoms with Crippen LogP contribution in [0.5, 0.6) is 0 Å². The Bertz CT molecular complexity index is 763. The molecule has 3 aromatic carbocycles. The summed E-state index contributed by atoms with van der Waals surface area (Å²) in [6, 6.07) is 19.3. The van der Waals surface area contributed by atoms with Gasteiger partial charge in [0.1, 0.15) is 0 Å². The van der Waals surface area contributed by atoms with Crippen molar-refractivity contribution < 1.29 is 9.31 Å². The molecule has 0 N–H and O–H groups in total. The Hall–Kier alpha value is -1.84. The Morgan fingerprint density at radius 1 is 0.700 bits per heavy atom. The molecule has 0 radical (unpaired) electrons. The lowest BCUT2D eigenvalue weighted by molar-refractivity contribution is 0.143. The van der Waals surface area contributed by atoms with Crippen molar-refractivity contribution in [2.45, 2.75) is 6.42 Å². The summed E-state index contributed by atoms with van der Waals surface area (Å²) in [6.45, 7) is 1.56. The molecule has 0 atom stereocenters. The average Bonchev–Trinajstić information content (AvgIpc) is 2.53. The van der Waals surface area contributed by atoms with Gasteiger partial charge in [-0.25, -0.2) is 0 Å². The zero-order valence-corrected chi connectivity index (χ0v) is 11.2. The van der Waals surface area contributed by atoms with Gasteiger partial charge in [0, 0.05) is 13.2 Å². The Morgan fingerprint density at radius 3 is 2.10 bits per heavy atom. The molecular formula is C17H15BO2. The van der Waals surface area contributed by atoms with Gasteiger partial charge in [-0.05, 0) is 45.6 Å². The lowest BCUT2D eigenvalue weighted by Crippen LogP contribution is -2.40. The maximum Gasteiger partial charge on any atom is 0.493 e. The first-order valence-electron chi connectivity index (χ1n) is 7.06. The van der Waals surface area contributed by atoms with Crippen LogP contribution in [0.25, 0.3) is 21.5 Å². The Labute approximate surface area is 118 Å². The van der Waals surface area contributed by atoms with E-state index in [1.807, 2.05) is 0 Å². The molecule has 0 spiro atoms. The predicted octanol–water partition coefficient (Wildman–Crippen LogP) is 3.13. The average molecular weight is 262 g/mol. The van der Waals surface area contributed by atoms with E-state index in [0.717, 1.165) is 25.1 Å². The van der Waals surface area contributed by atoms with Crippen LogP contribution in [0.4, 0.5) is 0 Å². The number of rotatable bonds is 1. The Balaban J connectivity index is 1.83. The highest BCUT2D eigenvalue weighted by Gasteiger charge is 2.24. The molecule has 20 heavy (non-hydrogen) atoms. The summed E-state index contributed by atoms with van der Waals surface area (Å²) in [4.78, 5) is 0. The van der Waals surface area contributed by atoms with Gasteiger partial charge in [-0.2, -0.15) is 0 Å². The topological polar surface area (TPSA) is 18.5 Å².